The molecule has 0 aliphatic heterocycles. The molecule has 8 heteroatoms. The molecular formula is C29H29ClN2O5. The Morgan fingerprint density at radius 2 is 1.59 bits per heavy atom. The minimum atomic E-state index is -1.18. The number of anilines is 1. The van der Waals surface area contributed by atoms with Gasteiger partial charge in [0.15, 0.2) is 0 Å². The Morgan fingerprint density at radius 3 is 2.11 bits per heavy atom. The van der Waals surface area contributed by atoms with Crippen LogP contribution in [-0.4, -0.2) is 41.6 Å². The second-order valence-electron chi connectivity index (χ2n) is 8.40. The number of benzene rings is 3. The lowest BCUT2D eigenvalue weighted by Crippen LogP contribution is -2.54. The van der Waals surface area contributed by atoms with Gasteiger partial charge in [0, 0.05) is 25.5 Å². The van der Waals surface area contributed by atoms with E-state index in [1.54, 1.807) is 48.5 Å². The average Bonchev–Trinajstić information content (AvgIpc) is 2.88. The second kappa shape index (κ2) is 13.3. The molecule has 0 aliphatic rings. The number of ether oxygens (including phenoxy) is 1. The van der Waals surface area contributed by atoms with E-state index in [2.05, 4.69) is 11.9 Å². The van der Waals surface area contributed by atoms with Crippen molar-refractivity contribution in [3.05, 3.63) is 108 Å². The number of carbonyl (C=O) groups is 3. The minimum Gasteiger partial charge on any atom is -0.488 e. The number of rotatable bonds is 12. The summed E-state index contributed by atoms with van der Waals surface area (Å²) in [5.74, 6) is -1.75. The smallest absolute Gasteiger partial charge is 0.326 e. The molecule has 3 rings (SSSR count). The van der Waals surface area contributed by atoms with E-state index in [0.29, 0.717) is 11.4 Å². The fourth-order valence-corrected chi connectivity index (χ4v) is 4.17. The van der Waals surface area contributed by atoms with Gasteiger partial charge in [-0.2, -0.15) is 0 Å². The van der Waals surface area contributed by atoms with E-state index in [1.807, 2.05) is 36.4 Å². The monoisotopic (exact) mass is 520 g/mol. The van der Waals surface area contributed by atoms with Crippen LogP contribution >= 0.6 is 11.6 Å². The molecule has 37 heavy (non-hydrogen) atoms. The van der Waals surface area contributed by atoms with E-state index in [0.717, 1.165) is 11.1 Å². The van der Waals surface area contributed by atoms with E-state index in [1.165, 1.54) is 11.8 Å². The summed E-state index contributed by atoms with van der Waals surface area (Å²) in [5, 5.41) is 12.7. The summed E-state index contributed by atoms with van der Waals surface area (Å²) < 4.78 is 5.52. The van der Waals surface area contributed by atoms with E-state index < -0.39 is 29.9 Å². The molecule has 0 fully saturated rings. The number of nitrogens with one attached hydrogen (secondary N) is 1. The summed E-state index contributed by atoms with van der Waals surface area (Å²) in [6.45, 7) is 5.22. The van der Waals surface area contributed by atoms with E-state index >= 15 is 0 Å². The van der Waals surface area contributed by atoms with Crippen molar-refractivity contribution in [3.8, 4) is 5.75 Å². The predicted molar refractivity (Wildman–Crippen MR) is 144 cm³/mol. The highest BCUT2D eigenvalue weighted by molar-refractivity contribution is 6.32. The highest BCUT2D eigenvalue weighted by Gasteiger charge is 2.33. The molecule has 3 aromatic carbocycles. The third kappa shape index (κ3) is 7.69. The van der Waals surface area contributed by atoms with Crippen molar-refractivity contribution in [2.24, 2.45) is 0 Å². The maximum absolute atomic E-state index is 13.6. The van der Waals surface area contributed by atoms with E-state index in [9.17, 15) is 19.5 Å². The molecule has 0 saturated heterocycles. The Balaban J connectivity index is 1.95. The zero-order valence-electron chi connectivity index (χ0n) is 20.5. The number of carbonyl (C=O) groups excluding carboxylic acids is 2. The lowest BCUT2D eigenvalue weighted by atomic mass is 10.0. The van der Waals surface area contributed by atoms with Crippen molar-refractivity contribution in [3.63, 3.8) is 0 Å². The van der Waals surface area contributed by atoms with Crippen LogP contribution in [0, 0.1) is 0 Å². The number of aliphatic carboxylic acids is 1. The van der Waals surface area contributed by atoms with Gasteiger partial charge in [0.1, 0.15) is 24.4 Å². The van der Waals surface area contributed by atoms with Crippen LogP contribution in [-0.2, 0) is 27.2 Å². The van der Waals surface area contributed by atoms with Gasteiger partial charge in [-0.3, -0.25) is 14.5 Å². The summed E-state index contributed by atoms with van der Waals surface area (Å²) in [6, 6.07) is 20.8. The van der Waals surface area contributed by atoms with Gasteiger partial charge in [-0.1, -0.05) is 84.9 Å². The van der Waals surface area contributed by atoms with Crippen molar-refractivity contribution in [1.82, 2.24) is 5.32 Å². The van der Waals surface area contributed by atoms with Crippen LogP contribution in [0.25, 0.3) is 0 Å². The van der Waals surface area contributed by atoms with Crippen LogP contribution in [0.3, 0.4) is 0 Å². The summed E-state index contributed by atoms with van der Waals surface area (Å²) in [5.41, 5.74) is 1.95. The SMILES string of the molecule is C=CCOc1ccc(N(C(C)=O)[C@@H](Cc2ccccc2)C(=O)N[C@@H](Cc2ccccc2)C(=O)O)cc1Cl. The molecule has 0 saturated carbocycles. The summed E-state index contributed by atoms with van der Waals surface area (Å²) in [4.78, 5) is 39.9. The average molecular weight is 521 g/mol. The molecule has 0 spiro atoms. The third-order valence-electron chi connectivity index (χ3n) is 5.67. The Labute approximate surface area is 221 Å². The van der Waals surface area contributed by atoms with Crippen LogP contribution in [0.2, 0.25) is 5.02 Å². The van der Waals surface area contributed by atoms with Gasteiger partial charge in [-0.25, -0.2) is 4.79 Å². The first-order valence-electron chi connectivity index (χ1n) is 11.7. The highest BCUT2D eigenvalue weighted by atomic mass is 35.5. The van der Waals surface area contributed by atoms with Gasteiger partial charge in [0.2, 0.25) is 11.8 Å². The molecule has 7 nitrogen and oxygen atoms in total. The zero-order chi connectivity index (χ0) is 26.8. The van der Waals surface area contributed by atoms with Crippen LogP contribution < -0.4 is 15.0 Å². The summed E-state index contributed by atoms with van der Waals surface area (Å²) in [7, 11) is 0. The number of hydrogen-bond donors (Lipinski definition) is 2. The molecule has 0 bridgehead atoms. The number of nitrogens with zero attached hydrogens (tertiary/aromatic N) is 1. The van der Waals surface area contributed by atoms with Crippen molar-refractivity contribution >= 4 is 35.1 Å². The van der Waals surface area contributed by atoms with E-state index in [-0.39, 0.29) is 24.5 Å². The highest BCUT2D eigenvalue weighted by Crippen LogP contribution is 2.31. The van der Waals surface area contributed by atoms with Gasteiger partial charge in [0.25, 0.3) is 0 Å². The summed E-state index contributed by atoms with van der Waals surface area (Å²) in [6.07, 6.45) is 1.85. The first-order valence-corrected chi connectivity index (χ1v) is 12.1. The third-order valence-corrected chi connectivity index (χ3v) is 5.97. The van der Waals surface area contributed by atoms with Gasteiger partial charge < -0.3 is 15.2 Å². The van der Waals surface area contributed by atoms with E-state index in [4.69, 9.17) is 16.3 Å². The Bertz CT molecular complexity index is 1230. The lowest BCUT2D eigenvalue weighted by Gasteiger charge is -2.31. The van der Waals surface area contributed by atoms with Crippen molar-refractivity contribution in [2.45, 2.75) is 31.8 Å². The molecule has 2 N–H and O–H groups in total. The van der Waals surface area contributed by atoms with Crippen LogP contribution in [0.5, 0.6) is 5.75 Å². The Morgan fingerprint density at radius 1 is 1.00 bits per heavy atom. The minimum absolute atomic E-state index is 0.0984. The number of carboxylic acid groups (broad SMARTS) is 1. The molecule has 0 aromatic heterocycles. The molecule has 2 amide bonds. The van der Waals surface area contributed by atoms with Gasteiger partial charge >= 0.3 is 5.97 Å². The molecule has 2 atom stereocenters. The first-order chi connectivity index (χ1) is 17.8. The maximum atomic E-state index is 13.6. The molecule has 0 heterocycles. The number of hydrogen-bond acceptors (Lipinski definition) is 4. The summed E-state index contributed by atoms with van der Waals surface area (Å²) >= 11 is 6.40. The normalized spacial score (nSPS) is 12.2. The Hall–Kier alpha value is -4.10. The second-order valence-corrected chi connectivity index (χ2v) is 8.81. The number of halogens is 1. The largest absolute Gasteiger partial charge is 0.488 e. The van der Waals surface area contributed by atoms with Gasteiger partial charge in [-0.15, -0.1) is 0 Å². The quantitative estimate of drug-likeness (QED) is 0.338. The molecule has 0 radical (unpaired) electrons. The number of carboxylic acids is 1. The lowest BCUT2D eigenvalue weighted by molar-refractivity contribution is -0.142. The standard InChI is InChI=1S/C29H29ClN2O5/c1-3-16-37-27-15-14-23(19-24(27)30)32(20(2)33)26(18-22-12-8-5-9-13-22)28(34)31-25(29(35)36)17-21-10-6-4-7-11-21/h3-15,19,25-26H,1,16-18H2,2H3,(H,31,34)(H,35,36)/t25-,26-/m0/s1. The van der Waals surface area contributed by atoms with Gasteiger partial charge in [-0.05, 0) is 29.3 Å². The fraction of sp³-hybridized carbons (Fsp3) is 0.207. The maximum Gasteiger partial charge on any atom is 0.326 e. The molecular weight excluding hydrogens is 492 g/mol. The van der Waals surface area contributed by atoms with Crippen molar-refractivity contribution in [2.75, 3.05) is 11.5 Å². The molecule has 192 valence electrons. The fourth-order valence-electron chi connectivity index (χ4n) is 3.94. The topological polar surface area (TPSA) is 95.9 Å². The number of amides is 2. The van der Waals surface area contributed by atoms with Crippen LogP contribution in [0.15, 0.2) is 91.5 Å². The first kappa shape index (κ1) is 27.5. The van der Waals surface area contributed by atoms with Crippen molar-refractivity contribution < 1.29 is 24.2 Å². The Kier molecular flexibility index (Phi) is 9.86. The molecule has 3 aromatic rings. The van der Waals surface area contributed by atoms with Crippen LogP contribution in [0.1, 0.15) is 18.1 Å². The van der Waals surface area contributed by atoms with Crippen molar-refractivity contribution in [1.29, 1.82) is 0 Å². The molecule has 0 aliphatic carbocycles. The van der Waals surface area contributed by atoms with Crippen LogP contribution in [0.4, 0.5) is 5.69 Å². The molecule has 0 unspecified atom stereocenters. The predicted octanol–water partition coefficient (Wildman–Crippen LogP) is 4.68. The van der Waals surface area contributed by atoms with Gasteiger partial charge in [0.05, 0.1) is 5.02 Å². The zero-order valence-corrected chi connectivity index (χ0v) is 21.2.